The van der Waals surface area contributed by atoms with E-state index >= 15 is 0 Å². The lowest BCUT2D eigenvalue weighted by Crippen LogP contribution is -3.07. The lowest BCUT2D eigenvalue weighted by Gasteiger charge is -2.32. The molecule has 0 spiro atoms. The molecule has 0 aromatic heterocycles. The Labute approximate surface area is 148 Å². The standard InChI is InChI=1S/C21H22N2O2/c1-15-4-8-18(9-5-15)22(24)20-12-13-21(17(3)14-20)23(25)19-10-6-16(2)7-11-19/h4-14,21-23H,3H2,1-2H3. The molecule has 0 bridgehead atoms. The second-order valence-electron chi connectivity index (χ2n) is 6.44. The zero-order valence-corrected chi connectivity index (χ0v) is 14.5. The summed E-state index contributed by atoms with van der Waals surface area (Å²) in [6.07, 6.45) is 5.22. The second-order valence-corrected chi connectivity index (χ2v) is 6.44. The summed E-state index contributed by atoms with van der Waals surface area (Å²) in [7, 11) is 0. The van der Waals surface area contributed by atoms with Gasteiger partial charge in [0.15, 0.2) is 0 Å². The predicted octanol–water partition coefficient (Wildman–Crippen LogP) is 2.41. The molecule has 0 saturated carbocycles. The number of hydrogen-bond donors (Lipinski definition) is 2. The van der Waals surface area contributed by atoms with Gasteiger partial charge in [-0.05, 0) is 32.1 Å². The van der Waals surface area contributed by atoms with Crippen molar-refractivity contribution in [3.63, 3.8) is 0 Å². The van der Waals surface area contributed by atoms with E-state index in [0.717, 1.165) is 11.1 Å². The highest BCUT2D eigenvalue weighted by Crippen LogP contribution is 2.14. The molecule has 2 aromatic rings. The van der Waals surface area contributed by atoms with Crippen LogP contribution in [-0.2, 0) is 0 Å². The molecule has 3 unspecified atom stereocenters. The molecule has 2 N–H and O–H groups in total. The minimum absolute atomic E-state index is 0.000616. The molecule has 0 aliphatic heterocycles. The second kappa shape index (κ2) is 7.17. The molecule has 0 amide bonds. The Kier molecular flexibility index (Phi) is 4.97. The predicted molar refractivity (Wildman–Crippen MR) is 100 cm³/mol. The van der Waals surface area contributed by atoms with Gasteiger partial charge in [-0.2, -0.15) is 0 Å². The largest absolute Gasteiger partial charge is 0.628 e. The number of aryl methyl sites for hydroxylation is 2. The molecule has 1 aliphatic rings. The number of quaternary nitrogens is 2. The van der Waals surface area contributed by atoms with Crippen LogP contribution in [0.25, 0.3) is 0 Å². The van der Waals surface area contributed by atoms with Gasteiger partial charge in [-0.25, -0.2) is 0 Å². The maximum absolute atomic E-state index is 12.7. The van der Waals surface area contributed by atoms with Gasteiger partial charge in [0.05, 0.1) is 0 Å². The Morgan fingerprint density at radius 2 is 1.36 bits per heavy atom. The van der Waals surface area contributed by atoms with Gasteiger partial charge in [0.2, 0.25) is 0 Å². The normalized spacial score (nSPS) is 19.4. The molecule has 0 radical (unpaired) electrons. The summed E-state index contributed by atoms with van der Waals surface area (Å²) in [6.45, 7) is 7.97. The minimum atomic E-state index is -0.419. The molecule has 3 atom stereocenters. The number of allylic oxidation sites excluding steroid dienone is 1. The highest BCUT2D eigenvalue weighted by Gasteiger charge is 2.23. The van der Waals surface area contributed by atoms with Crippen LogP contribution in [0, 0.1) is 24.3 Å². The van der Waals surface area contributed by atoms with Crippen LogP contribution in [0.4, 0.5) is 11.4 Å². The Hall–Kier alpha value is -2.50. The molecule has 4 heteroatoms. The fraction of sp³-hybridized carbons (Fsp3) is 0.143. The number of hydroxylamine groups is 2. The van der Waals surface area contributed by atoms with E-state index in [4.69, 9.17) is 0 Å². The average Bonchev–Trinajstić information content (AvgIpc) is 2.62. The van der Waals surface area contributed by atoms with E-state index in [1.54, 1.807) is 18.2 Å². The van der Waals surface area contributed by atoms with Crippen LogP contribution in [0.5, 0.6) is 0 Å². The van der Waals surface area contributed by atoms with E-state index < -0.39 is 6.04 Å². The highest BCUT2D eigenvalue weighted by molar-refractivity contribution is 5.41. The third kappa shape index (κ3) is 3.78. The summed E-state index contributed by atoms with van der Waals surface area (Å²) in [4.78, 5) is 0. The first-order valence-electron chi connectivity index (χ1n) is 8.26. The van der Waals surface area contributed by atoms with Crippen molar-refractivity contribution in [3.8, 4) is 0 Å². The lowest BCUT2D eigenvalue weighted by molar-refractivity contribution is -0.792. The Balaban J connectivity index is 1.77. The van der Waals surface area contributed by atoms with Gasteiger partial charge < -0.3 is 20.5 Å². The molecule has 0 heterocycles. The molecule has 1 aliphatic carbocycles. The monoisotopic (exact) mass is 334 g/mol. The molecule has 0 fully saturated rings. The maximum Gasteiger partial charge on any atom is 0.136 e. The summed E-state index contributed by atoms with van der Waals surface area (Å²) in [6, 6.07) is 14.5. The van der Waals surface area contributed by atoms with E-state index in [2.05, 4.69) is 6.58 Å². The third-order valence-corrected chi connectivity index (χ3v) is 4.40. The van der Waals surface area contributed by atoms with Gasteiger partial charge in [0.25, 0.3) is 0 Å². The van der Waals surface area contributed by atoms with E-state index in [1.807, 2.05) is 62.4 Å². The summed E-state index contributed by atoms with van der Waals surface area (Å²) in [5.41, 5.74) is 4.71. The summed E-state index contributed by atoms with van der Waals surface area (Å²) in [5.74, 6) is 0. The van der Waals surface area contributed by atoms with Crippen LogP contribution < -0.4 is 10.1 Å². The highest BCUT2D eigenvalue weighted by atomic mass is 16.5. The van der Waals surface area contributed by atoms with Gasteiger partial charge in [-0.3, -0.25) is 0 Å². The first-order valence-corrected chi connectivity index (χ1v) is 8.26. The lowest BCUT2D eigenvalue weighted by atomic mass is 10.0. The van der Waals surface area contributed by atoms with Crippen molar-refractivity contribution in [1.82, 2.24) is 0 Å². The van der Waals surface area contributed by atoms with Crippen molar-refractivity contribution in [2.45, 2.75) is 19.9 Å². The zero-order valence-electron chi connectivity index (χ0n) is 14.5. The summed E-state index contributed by atoms with van der Waals surface area (Å²) < 4.78 is 0. The number of nitrogens with one attached hydrogen (secondary N) is 2. The Morgan fingerprint density at radius 1 is 0.840 bits per heavy atom. The van der Waals surface area contributed by atoms with Crippen molar-refractivity contribution in [2.24, 2.45) is 0 Å². The third-order valence-electron chi connectivity index (χ3n) is 4.40. The van der Waals surface area contributed by atoms with Gasteiger partial charge in [0.1, 0.15) is 23.1 Å². The van der Waals surface area contributed by atoms with Crippen LogP contribution >= 0.6 is 0 Å². The average molecular weight is 334 g/mol. The Bertz CT molecular complexity index is 820. The van der Waals surface area contributed by atoms with Gasteiger partial charge in [-0.15, -0.1) is 0 Å². The molecule has 2 aromatic carbocycles. The molecule has 25 heavy (non-hydrogen) atoms. The van der Waals surface area contributed by atoms with E-state index in [1.165, 1.54) is 0 Å². The van der Waals surface area contributed by atoms with Crippen LogP contribution in [0.2, 0.25) is 0 Å². The molecule has 4 nitrogen and oxygen atoms in total. The first kappa shape index (κ1) is 17.3. The smallest absolute Gasteiger partial charge is 0.136 e. The molecular formula is C21H22N2O2. The van der Waals surface area contributed by atoms with Crippen LogP contribution in [0.1, 0.15) is 11.1 Å². The van der Waals surface area contributed by atoms with E-state index in [0.29, 0.717) is 22.6 Å². The fourth-order valence-electron chi connectivity index (χ4n) is 2.83. The van der Waals surface area contributed by atoms with Crippen molar-refractivity contribution < 1.29 is 10.1 Å². The van der Waals surface area contributed by atoms with Crippen molar-refractivity contribution in [1.29, 1.82) is 0 Å². The molecule has 128 valence electrons. The van der Waals surface area contributed by atoms with Gasteiger partial charge >= 0.3 is 0 Å². The minimum Gasteiger partial charge on any atom is -0.628 e. The Morgan fingerprint density at radius 3 is 1.88 bits per heavy atom. The van der Waals surface area contributed by atoms with Gasteiger partial charge in [0, 0.05) is 29.9 Å². The topological polar surface area (TPSA) is 55.0 Å². The number of rotatable bonds is 4. The molecular weight excluding hydrogens is 312 g/mol. The number of benzene rings is 2. The number of hydrogen-bond acceptors (Lipinski definition) is 2. The van der Waals surface area contributed by atoms with Gasteiger partial charge in [-0.1, -0.05) is 42.0 Å². The maximum atomic E-state index is 12.7. The van der Waals surface area contributed by atoms with Crippen LogP contribution in [-0.4, -0.2) is 6.04 Å². The fourth-order valence-corrected chi connectivity index (χ4v) is 2.83. The molecule has 0 saturated heterocycles. The van der Waals surface area contributed by atoms with Crippen LogP contribution in [0.3, 0.4) is 0 Å². The van der Waals surface area contributed by atoms with Crippen LogP contribution in [0.15, 0.2) is 84.6 Å². The van der Waals surface area contributed by atoms with E-state index in [9.17, 15) is 10.4 Å². The van der Waals surface area contributed by atoms with Crippen molar-refractivity contribution >= 4 is 11.4 Å². The van der Waals surface area contributed by atoms with E-state index in [-0.39, 0.29) is 10.1 Å². The SMILES string of the molecule is C=C1C=C([NH+]([O-])c2ccc(C)cc2)C=CC1[NH+]([O-])c1ccc(C)cc1. The van der Waals surface area contributed by atoms with Crippen molar-refractivity contribution in [3.05, 3.63) is 106 Å². The summed E-state index contributed by atoms with van der Waals surface area (Å²) in [5, 5.41) is 25.2. The van der Waals surface area contributed by atoms with Crippen molar-refractivity contribution in [2.75, 3.05) is 0 Å². The first-order chi connectivity index (χ1) is 12.0. The summed E-state index contributed by atoms with van der Waals surface area (Å²) >= 11 is 0. The zero-order chi connectivity index (χ0) is 18.0. The molecule has 3 rings (SSSR count). The quantitative estimate of drug-likeness (QED) is 0.844.